The number of amides is 1. The molecule has 0 unspecified atom stereocenters. The van der Waals surface area contributed by atoms with E-state index < -0.39 is 0 Å². The molecule has 1 atom stereocenters. The van der Waals surface area contributed by atoms with E-state index in [1.165, 1.54) is 11.8 Å². The molecule has 0 aliphatic rings. The minimum absolute atomic E-state index is 0.323. The van der Waals surface area contributed by atoms with Crippen molar-refractivity contribution in [1.29, 1.82) is 0 Å². The molecule has 1 aromatic carbocycles. The molecule has 0 aliphatic heterocycles. The first-order valence-corrected chi connectivity index (χ1v) is 6.38. The van der Waals surface area contributed by atoms with Gasteiger partial charge in [-0.15, -0.1) is 10.2 Å². The molecule has 5 nitrogen and oxygen atoms in total. The zero-order valence-corrected chi connectivity index (χ0v) is 11.0. The van der Waals surface area contributed by atoms with Gasteiger partial charge < -0.3 is 10.3 Å². The van der Waals surface area contributed by atoms with Crippen molar-refractivity contribution in [2.24, 2.45) is 12.8 Å². The van der Waals surface area contributed by atoms with Gasteiger partial charge in [-0.05, 0) is 6.92 Å². The summed E-state index contributed by atoms with van der Waals surface area (Å²) in [6.07, 6.45) is 0. The van der Waals surface area contributed by atoms with E-state index in [1.807, 2.05) is 41.9 Å². The molecule has 6 heteroatoms. The molecule has 2 rings (SSSR count). The molecule has 0 saturated carbocycles. The van der Waals surface area contributed by atoms with E-state index >= 15 is 0 Å². The summed E-state index contributed by atoms with van der Waals surface area (Å²) in [6, 6.07) is 9.78. The molecular formula is C12H14N4OS. The molecule has 1 aromatic heterocycles. The van der Waals surface area contributed by atoms with Gasteiger partial charge in [0.1, 0.15) is 0 Å². The monoisotopic (exact) mass is 262 g/mol. The van der Waals surface area contributed by atoms with Crippen LogP contribution in [-0.2, 0) is 11.8 Å². The number of benzene rings is 1. The highest BCUT2D eigenvalue weighted by atomic mass is 32.2. The van der Waals surface area contributed by atoms with Crippen molar-refractivity contribution >= 4 is 17.7 Å². The largest absolute Gasteiger partial charge is 0.369 e. The highest BCUT2D eigenvalue weighted by Crippen LogP contribution is 2.25. The zero-order valence-electron chi connectivity index (χ0n) is 10.2. The van der Waals surface area contributed by atoms with Crippen molar-refractivity contribution in [2.45, 2.75) is 17.3 Å². The molecule has 1 heterocycles. The van der Waals surface area contributed by atoms with Gasteiger partial charge in [0.05, 0.1) is 5.25 Å². The van der Waals surface area contributed by atoms with E-state index in [4.69, 9.17) is 5.73 Å². The number of thioether (sulfide) groups is 1. The fraction of sp³-hybridized carbons (Fsp3) is 0.250. The summed E-state index contributed by atoms with van der Waals surface area (Å²) in [5, 5.41) is 8.58. The first-order chi connectivity index (χ1) is 8.59. The van der Waals surface area contributed by atoms with Crippen LogP contribution in [0.3, 0.4) is 0 Å². The number of nitrogens with zero attached hydrogens (tertiary/aromatic N) is 3. The van der Waals surface area contributed by atoms with Crippen LogP contribution in [0, 0.1) is 0 Å². The van der Waals surface area contributed by atoms with Crippen LogP contribution in [0.5, 0.6) is 0 Å². The average Bonchev–Trinajstić information content (AvgIpc) is 2.72. The van der Waals surface area contributed by atoms with Crippen LogP contribution in [0.25, 0.3) is 11.4 Å². The molecule has 0 aliphatic carbocycles. The lowest BCUT2D eigenvalue weighted by molar-refractivity contribution is -0.117. The SMILES string of the molecule is C[C@H](Sc1nnc(-c2ccccc2)n1C)C(N)=O. The first-order valence-electron chi connectivity index (χ1n) is 5.50. The van der Waals surface area contributed by atoms with Crippen molar-refractivity contribution in [3.05, 3.63) is 30.3 Å². The first kappa shape index (κ1) is 12.6. The summed E-state index contributed by atoms with van der Waals surface area (Å²) in [5.41, 5.74) is 6.23. The third-order valence-corrected chi connectivity index (χ3v) is 3.70. The number of hydrogen-bond donors (Lipinski definition) is 1. The Kier molecular flexibility index (Phi) is 3.66. The molecule has 0 radical (unpaired) electrons. The van der Waals surface area contributed by atoms with E-state index in [2.05, 4.69) is 10.2 Å². The van der Waals surface area contributed by atoms with Crippen LogP contribution in [0.2, 0.25) is 0 Å². The molecule has 94 valence electrons. The topological polar surface area (TPSA) is 73.8 Å². The number of hydrogen-bond acceptors (Lipinski definition) is 4. The number of nitrogens with two attached hydrogens (primary N) is 1. The highest BCUT2D eigenvalue weighted by Gasteiger charge is 2.16. The summed E-state index contributed by atoms with van der Waals surface area (Å²) in [5.74, 6) is 0.416. The van der Waals surface area contributed by atoms with Gasteiger partial charge in [0.15, 0.2) is 11.0 Å². The summed E-state index contributed by atoms with van der Waals surface area (Å²) in [6.45, 7) is 1.75. The van der Waals surface area contributed by atoms with Gasteiger partial charge >= 0.3 is 0 Å². The number of aromatic nitrogens is 3. The maximum Gasteiger partial charge on any atom is 0.230 e. The maximum absolute atomic E-state index is 11.0. The standard InChI is InChI=1S/C12H14N4OS/c1-8(10(13)17)18-12-15-14-11(16(12)2)9-6-4-3-5-7-9/h3-8H,1-2H3,(H2,13,17)/t8-/m0/s1. The van der Waals surface area contributed by atoms with E-state index in [0.29, 0.717) is 5.16 Å². The summed E-state index contributed by atoms with van der Waals surface area (Å²) in [4.78, 5) is 11.0. The molecule has 1 amide bonds. The molecular weight excluding hydrogens is 248 g/mol. The van der Waals surface area contributed by atoms with Crippen molar-refractivity contribution in [1.82, 2.24) is 14.8 Å². The minimum Gasteiger partial charge on any atom is -0.369 e. The van der Waals surface area contributed by atoms with Gasteiger partial charge in [-0.2, -0.15) is 0 Å². The molecule has 2 aromatic rings. The van der Waals surface area contributed by atoms with E-state index in [1.54, 1.807) is 6.92 Å². The van der Waals surface area contributed by atoms with Crippen molar-refractivity contribution in [3.63, 3.8) is 0 Å². The fourth-order valence-electron chi connectivity index (χ4n) is 1.47. The lowest BCUT2D eigenvalue weighted by Crippen LogP contribution is -2.22. The Balaban J connectivity index is 2.27. The quantitative estimate of drug-likeness (QED) is 0.846. The Morgan fingerprint density at radius 3 is 2.61 bits per heavy atom. The van der Waals surface area contributed by atoms with Crippen LogP contribution >= 0.6 is 11.8 Å². The van der Waals surface area contributed by atoms with E-state index in [0.717, 1.165) is 11.4 Å². The smallest absolute Gasteiger partial charge is 0.230 e. The van der Waals surface area contributed by atoms with Gasteiger partial charge in [0.2, 0.25) is 5.91 Å². The molecule has 18 heavy (non-hydrogen) atoms. The van der Waals surface area contributed by atoms with Crippen molar-refractivity contribution < 1.29 is 4.79 Å². The lowest BCUT2D eigenvalue weighted by Gasteiger charge is -2.06. The Morgan fingerprint density at radius 1 is 1.33 bits per heavy atom. The van der Waals surface area contributed by atoms with Gasteiger partial charge in [-0.25, -0.2) is 0 Å². The van der Waals surface area contributed by atoms with Crippen LogP contribution in [0.1, 0.15) is 6.92 Å². The van der Waals surface area contributed by atoms with Crippen LogP contribution in [0.4, 0.5) is 0 Å². The normalized spacial score (nSPS) is 12.3. The van der Waals surface area contributed by atoms with Crippen LogP contribution < -0.4 is 5.73 Å². The molecule has 0 fully saturated rings. The van der Waals surface area contributed by atoms with Gasteiger partial charge in [0.25, 0.3) is 0 Å². The summed E-state index contributed by atoms with van der Waals surface area (Å²) in [7, 11) is 1.87. The summed E-state index contributed by atoms with van der Waals surface area (Å²) >= 11 is 1.31. The zero-order chi connectivity index (χ0) is 13.1. The molecule has 0 bridgehead atoms. The second-order valence-corrected chi connectivity index (χ2v) is 5.20. The Bertz CT molecular complexity index is 552. The van der Waals surface area contributed by atoms with Crippen LogP contribution in [-0.4, -0.2) is 25.9 Å². The number of rotatable bonds is 4. The van der Waals surface area contributed by atoms with Crippen molar-refractivity contribution in [2.75, 3.05) is 0 Å². The number of primary amides is 1. The number of carbonyl (C=O) groups excluding carboxylic acids is 1. The van der Waals surface area contributed by atoms with E-state index in [9.17, 15) is 4.79 Å². The average molecular weight is 262 g/mol. The Morgan fingerprint density at radius 2 is 2.00 bits per heavy atom. The Hall–Kier alpha value is -1.82. The molecule has 2 N–H and O–H groups in total. The van der Waals surface area contributed by atoms with Gasteiger partial charge in [0, 0.05) is 12.6 Å². The van der Waals surface area contributed by atoms with Gasteiger partial charge in [-0.3, -0.25) is 4.79 Å². The lowest BCUT2D eigenvalue weighted by atomic mass is 10.2. The second-order valence-electron chi connectivity index (χ2n) is 3.89. The number of carbonyl (C=O) groups is 1. The van der Waals surface area contributed by atoms with Crippen LogP contribution in [0.15, 0.2) is 35.5 Å². The molecule has 0 spiro atoms. The van der Waals surface area contributed by atoms with Crippen molar-refractivity contribution in [3.8, 4) is 11.4 Å². The third kappa shape index (κ3) is 2.53. The van der Waals surface area contributed by atoms with E-state index in [-0.39, 0.29) is 11.2 Å². The fourth-order valence-corrected chi connectivity index (χ4v) is 2.24. The minimum atomic E-state index is -0.357. The molecule has 0 saturated heterocycles. The predicted octanol–water partition coefficient (Wildman–Crippen LogP) is 1.45. The third-order valence-electron chi connectivity index (χ3n) is 2.55. The highest BCUT2D eigenvalue weighted by molar-refractivity contribution is 8.00. The Labute approximate surface area is 109 Å². The predicted molar refractivity (Wildman–Crippen MR) is 71.0 cm³/mol. The second kappa shape index (κ2) is 5.22. The summed E-state index contributed by atoms with van der Waals surface area (Å²) < 4.78 is 1.86. The van der Waals surface area contributed by atoms with Gasteiger partial charge in [-0.1, -0.05) is 42.1 Å². The maximum atomic E-state index is 11.0.